The number of hydrogen-bond acceptors (Lipinski definition) is 6. The zero-order valence-electron chi connectivity index (χ0n) is 23.4. The van der Waals surface area contributed by atoms with Crippen LogP contribution in [0.2, 0.25) is 0 Å². The summed E-state index contributed by atoms with van der Waals surface area (Å²) in [6, 6.07) is 13.2. The van der Waals surface area contributed by atoms with Crippen LogP contribution in [0.25, 0.3) is 33.3 Å². The quantitative estimate of drug-likeness (QED) is 0.249. The van der Waals surface area contributed by atoms with Gasteiger partial charge in [0.1, 0.15) is 17.2 Å². The molecule has 3 heterocycles. The fourth-order valence-corrected chi connectivity index (χ4v) is 6.11. The van der Waals surface area contributed by atoms with Crippen LogP contribution in [-0.4, -0.2) is 71.3 Å². The number of methoxy groups -OCH3 is 1. The van der Waals surface area contributed by atoms with Crippen LogP contribution in [0.3, 0.4) is 0 Å². The number of nitrogens with zero attached hydrogens (tertiary/aromatic N) is 2. The number of amides is 1. The second kappa shape index (κ2) is 11.5. The lowest BCUT2D eigenvalue weighted by molar-refractivity contribution is 0.0790. The molecule has 0 radical (unpaired) electrons. The van der Waals surface area contributed by atoms with Gasteiger partial charge in [-0.3, -0.25) is 4.79 Å². The number of likely N-dealkylation sites (N-methyl/N-ethyl adjacent to an activating group) is 1. The lowest BCUT2D eigenvalue weighted by Crippen LogP contribution is -2.35. The number of carbonyl (C=O) groups is 1. The summed E-state index contributed by atoms with van der Waals surface area (Å²) in [4.78, 5) is 23.5. The van der Waals surface area contributed by atoms with Crippen LogP contribution in [0, 0.1) is 5.82 Å². The number of likely N-dealkylation sites (tertiary alicyclic amines) is 1. The highest BCUT2D eigenvalue weighted by atomic mass is 19.1. The maximum Gasteiger partial charge on any atom is 0.256 e. The van der Waals surface area contributed by atoms with Crippen molar-refractivity contribution in [3.05, 3.63) is 66.2 Å². The van der Waals surface area contributed by atoms with Crippen molar-refractivity contribution in [1.29, 1.82) is 0 Å². The largest absolute Gasteiger partial charge is 0.496 e. The molecule has 2 aromatic heterocycles. The van der Waals surface area contributed by atoms with Crippen molar-refractivity contribution >= 4 is 22.6 Å². The van der Waals surface area contributed by atoms with E-state index in [2.05, 4.69) is 20.6 Å². The molecule has 2 aromatic carbocycles. The molecule has 2 fully saturated rings. The zero-order valence-corrected chi connectivity index (χ0v) is 23.4. The van der Waals surface area contributed by atoms with E-state index in [1.165, 1.54) is 6.07 Å². The minimum absolute atomic E-state index is 0.00443. The molecule has 1 atom stereocenters. The second-order valence-electron chi connectivity index (χ2n) is 11.1. The number of para-hydroxylation sites is 1. The Morgan fingerprint density at radius 3 is 2.63 bits per heavy atom. The predicted molar refractivity (Wildman–Crippen MR) is 159 cm³/mol. The van der Waals surface area contributed by atoms with Gasteiger partial charge in [0.05, 0.1) is 24.5 Å². The van der Waals surface area contributed by atoms with Gasteiger partial charge >= 0.3 is 0 Å². The maximum absolute atomic E-state index is 16.0. The van der Waals surface area contributed by atoms with E-state index >= 15 is 4.39 Å². The third-order valence-electron chi connectivity index (χ3n) is 8.51. The van der Waals surface area contributed by atoms with Gasteiger partial charge in [-0.1, -0.05) is 18.2 Å². The molecule has 1 unspecified atom stereocenters. The lowest BCUT2D eigenvalue weighted by atomic mass is 9.92. The van der Waals surface area contributed by atoms with E-state index in [0.29, 0.717) is 48.3 Å². The summed E-state index contributed by atoms with van der Waals surface area (Å²) in [7, 11) is 3.54. The molecule has 1 aliphatic carbocycles. The summed E-state index contributed by atoms with van der Waals surface area (Å²) >= 11 is 0. The summed E-state index contributed by atoms with van der Waals surface area (Å²) < 4.78 is 21.6. The number of benzene rings is 2. The Hall–Kier alpha value is -3.95. The number of aliphatic hydroxyl groups is 1. The minimum atomic E-state index is -0.472. The highest BCUT2D eigenvalue weighted by Crippen LogP contribution is 2.37. The predicted octanol–water partition coefficient (Wildman–Crippen LogP) is 5.19. The first kappa shape index (κ1) is 27.2. The molecule has 8 nitrogen and oxygen atoms in total. The number of halogens is 1. The van der Waals surface area contributed by atoms with Crippen molar-refractivity contribution in [2.24, 2.45) is 0 Å². The molecule has 1 aliphatic heterocycles. The van der Waals surface area contributed by atoms with Crippen LogP contribution in [0.4, 0.5) is 10.1 Å². The summed E-state index contributed by atoms with van der Waals surface area (Å²) in [5, 5.41) is 17.4. The van der Waals surface area contributed by atoms with Crippen molar-refractivity contribution in [1.82, 2.24) is 20.2 Å². The van der Waals surface area contributed by atoms with Gasteiger partial charge in [0.2, 0.25) is 0 Å². The molecule has 6 rings (SSSR count). The molecule has 9 heteroatoms. The van der Waals surface area contributed by atoms with Gasteiger partial charge < -0.3 is 30.4 Å². The number of nitrogens with one attached hydrogen (secondary N) is 3. The lowest BCUT2D eigenvalue weighted by Gasteiger charge is -2.29. The number of aromatic nitrogens is 2. The van der Waals surface area contributed by atoms with Gasteiger partial charge in [0, 0.05) is 59.6 Å². The van der Waals surface area contributed by atoms with Gasteiger partial charge in [-0.25, -0.2) is 9.37 Å². The van der Waals surface area contributed by atoms with Crippen LogP contribution in [-0.2, 0) is 0 Å². The van der Waals surface area contributed by atoms with Gasteiger partial charge in [0.15, 0.2) is 0 Å². The van der Waals surface area contributed by atoms with Crippen LogP contribution in [0.15, 0.2) is 54.9 Å². The molecule has 4 N–H and O–H groups in total. The third kappa shape index (κ3) is 5.39. The first-order chi connectivity index (χ1) is 19.9. The molecule has 0 bridgehead atoms. The average Bonchev–Trinajstić information content (AvgIpc) is 3.66. The van der Waals surface area contributed by atoms with Gasteiger partial charge in [0.25, 0.3) is 5.91 Å². The summed E-state index contributed by atoms with van der Waals surface area (Å²) in [6.45, 7) is 1.19. The molecule has 1 saturated carbocycles. The van der Waals surface area contributed by atoms with Crippen molar-refractivity contribution in [3.8, 4) is 28.0 Å². The normalized spacial score (nSPS) is 20.9. The number of aliphatic hydroxyl groups excluding tert-OH is 1. The van der Waals surface area contributed by atoms with Crippen LogP contribution in [0.1, 0.15) is 42.5 Å². The van der Waals surface area contributed by atoms with Crippen LogP contribution < -0.4 is 15.4 Å². The molecule has 0 spiro atoms. The Kier molecular flexibility index (Phi) is 7.64. The van der Waals surface area contributed by atoms with Gasteiger partial charge in [-0.2, -0.15) is 0 Å². The van der Waals surface area contributed by atoms with E-state index in [4.69, 9.17) is 4.74 Å². The number of pyridine rings is 1. The monoisotopic (exact) mass is 557 g/mol. The standard InChI is InChI=1S/C32H36FN5O3/c1-34-22-11-12-38(18-22)32(40)26-13-19(15-28(33)30(26)37-21-7-9-23(39)10-8-21)20-14-25-27(17-36-31(25)35-16-20)24-5-3-4-6-29(24)41-2/h3-6,13-17,21-23,34,37,39H,7-12,18H2,1-2H3,(H,35,36)/t21-,22?,23-. The Labute approximate surface area is 238 Å². The third-order valence-corrected chi connectivity index (χ3v) is 8.51. The van der Waals surface area contributed by atoms with Gasteiger partial charge in [-0.15, -0.1) is 0 Å². The minimum Gasteiger partial charge on any atom is -0.496 e. The molecule has 4 aromatic rings. The number of fused-ring (bicyclic) bond motifs is 1. The first-order valence-corrected chi connectivity index (χ1v) is 14.3. The molecule has 41 heavy (non-hydrogen) atoms. The van der Waals surface area contributed by atoms with E-state index < -0.39 is 5.82 Å². The Balaban J connectivity index is 1.41. The molecule has 214 valence electrons. The van der Waals surface area contributed by atoms with E-state index in [9.17, 15) is 9.90 Å². The van der Waals surface area contributed by atoms with E-state index in [1.807, 2.05) is 43.6 Å². The van der Waals surface area contributed by atoms with E-state index in [-0.39, 0.29) is 29.8 Å². The summed E-state index contributed by atoms with van der Waals surface area (Å²) in [6.07, 6.45) is 6.91. The Morgan fingerprint density at radius 2 is 1.88 bits per heavy atom. The van der Waals surface area contributed by atoms with E-state index in [0.717, 1.165) is 41.5 Å². The number of carbonyl (C=O) groups excluding carboxylic acids is 1. The maximum atomic E-state index is 16.0. The molecule has 1 amide bonds. The van der Waals surface area contributed by atoms with Crippen molar-refractivity contribution in [3.63, 3.8) is 0 Å². The number of anilines is 1. The summed E-state index contributed by atoms with van der Waals surface area (Å²) in [5.74, 6) is 0.0848. The number of ether oxygens (including phenoxy) is 1. The van der Waals surface area contributed by atoms with Crippen LogP contribution in [0.5, 0.6) is 5.75 Å². The van der Waals surface area contributed by atoms with E-state index in [1.54, 1.807) is 24.3 Å². The number of H-pyrrole nitrogens is 1. The first-order valence-electron chi connectivity index (χ1n) is 14.3. The van der Waals surface area contributed by atoms with Crippen molar-refractivity contribution < 1.29 is 19.0 Å². The highest BCUT2D eigenvalue weighted by Gasteiger charge is 2.30. The van der Waals surface area contributed by atoms with Crippen LogP contribution >= 0.6 is 0 Å². The number of rotatable bonds is 7. The van der Waals surface area contributed by atoms with Crippen molar-refractivity contribution in [2.75, 3.05) is 32.6 Å². The fraction of sp³-hybridized carbons (Fsp3) is 0.375. The highest BCUT2D eigenvalue weighted by molar-refractivity contribution is 6.02. The second-order valence-corrected chi connectivity index (χ2v) is 11.1. The topological polar surface area (TPSA) is 103 Å². The molecular weight excluding hydrogens is 521 g/mol. The molecule has 2 aliphatic rings. The van der Waals surface area contributed by atoms with Crippen molar-refractivity contribution in [2.45, 2.75) is 50.3 Å². The fourth-order valence-electron chi connectivity index (χ4n) is 6.11. The Morgan fingerprint density at radius 1 is 1.07 bits per heavy atom. The molecular formula is C32H36FN5O3. The summed E-state index contributed by atoms with van der Waals surface area (Å²) in [5.41, 5.74) is 4.41. The average molecular weight is 558 g/mol. The van der Waals surface area contributed by atoms with Gasteiger partial charge in [-0.05, 0) is 69.0 Å². The number of hydrogen-bond donors (Lipinski definition) is 4. The Bertz CT molecular complexity index is 1560. The smallest absolute Gasteiger partial charge is 0.256 e. The SMILES string of the molecule is CNC1CCN(C(=O)c2cc(-c3cnc4[nH]cc(-c5ccccc5OC)c4c3)cc(F)c2N[C@H]2CC[C@H](O)CC2)C1. The molecule has 1 saturated heterocycles. The zero-order chi connectivity index (χ0) is 28.5. The number of aromatic amines is 1.